The molecule has 1 aliphatic carbocycles. The molecule has 7 heteroatoms. The van der Waals surface area contributed by atoms with Gasteiger partial charge in [-0.3, -0.25) is 9.59 Å². The molecule has 6 nitrogen and oxygen atoms in total. The SMILES string of the molecule is O=C(O)C1CC(=O)N(C2CCN(C(=S)NC3CCCCC3)CC2)C1. The number of thiocarbonyl (C=S) groups is 1. The molecular weight excluding hydrogens is 326 g/mol. The second-order valence-electron chi connectivity index (χ2n) is 7.29. The van der Waals surface area contributed by atoms with Crippen molar-refractivity contribution in [1.82, 2.24) is 15.1 Å². The fourth-order valence-corrected chi connectivity index (χ4v) is 4.49. The number of carboxylic acids is 1. The molecule has 2 heterocycles. The Hall–Kier alpha value is -1.37. The lowest BCUT2D eigenvalue weighted by molar-refractivity contribution is -0.141. The Kier molecular flexibility index (Phi) is 5.58. The third kappa shape index (κ3) is 3.99. The third-order valence-corrected chi connectivity index (χ3v) is 6.01. The highest BCUT2D eigenvalue weighted by atomic mass is 32.1. The molecule has 3 rings (SSSR count). The molecule has 0 aromatic carbocycles. The Morgan fingerprint density at radius 1 is 1.12 bits per heavy atom. The summed E-state index contributed by atoms with van der Waals surface area (Å²) < 4.78 is 0. The van der Waals surface area contributed by atoms with Gasteiger partial charge in [-0.1, -0.05) is 19.3 Å². The van der Waals surface area contributed by atoms with Gasteiger partial charge in [0.25, 0.3) is 0 Å². The van der Waals surface area contributed by atoms with Crippen LogP contribution in [0.1, 0.15) is 51.4 Å². The lowest BCUT2D eigenvalue weighted by atomic mass is 9.96. The van der Waals surface area contributed by atoms with E-state index in [1.807, 2.05) is 0 Å². The van der Waals surface area contributed by atoms with Crippen molar-refractivity contribution < 1.29 is 14.7 Å². The largest absolute Gasteiger partial charge is 0.481 e. The predicted molar refractivity (Wildman–Crippen MR) is 94.7 cm³/mol. The summed E-state index contributed by atoms with van der Waals surface area (Å²) in [5.41, 5.74) is 0. The summed E-state index contributed by atoms with van der Waals surface area (Å²) in [7, 11) is 0. The zero-order valence-electron chi connectivity index (χ0n) is 14.1. The summed E-state index contributed by atoms with van der Waals surface area (Å²) in [6.45, 7) is 2.04. The number of nitrogens with one attached hydrogen (secondary N) is 1. The highest BCUT2D eigenvalue weighted by molar-refractivity contribution is 7.80. The lowest BCUT2D eigenvalue weighted by Gasteiger charge is -2.39. The van der Waals surface area contributed by atoms with Gasteiger partial charge >= 0.3 is 5.97 Å². The van der Waals surface area contributed by atoms with Crippen LogP contribution in [-0.4, -0.2) is 63.6 Å². The third-order valence-electron chi connectivity index (χ3n) is 5.63. The van der Waals surface area contributed by atoms with Gasteiger partial charge in [0.15, 0.2) is 5.11 Å². The van der Waals surface area contributed by atoms with E-state index in [2.05, 4.69) is 10.2 Å². The van der Waals surface area contributed by atoms with Crippen molar-refractivity contribution in [3.05, 3.63) is 0 Å². The van der Waals surface area contributed by atoms with Gasteiger partial charge in [-0.25, -0.2) is 0 Å². The number of aliphatic carboxylic acids is 1. The van der Waals surface area contributed by atoms with Crippen LogP contribution in [0, 0.1) is 5.92 Å². The Balaban J connectivity index is 1.46. The number of hydrogen-bond donors (Lipinski definition) is 2. The minimum atomic E-state index is -0.860. The molecule has 0 spiro atoms. The van der Waals surface area contributed by atoms with E-state index in [-0.39, 0.29) is 18.4 Å². The Bertz CT molecular complexity index is 499. The van der Waals surface area contributed by atoms with Crippen molar-refractivity contribution in [3.63, 3.8) is 0 Å². The molecule has 1 unspecified atom stereocenters. The van der Waals surface area contributed by atoms with Gasteiger partial charge in [0.2, 0.25) is 5.91 Å². The summed E-state index contributed by atoms with van der Waals surface area (Å²) in [5, 5.41) is 13.5. The van der Waals surface area contributed by atoms with Crippen molar-refractivity contribution in [2.24, 2.45) is 5.92 Å². The van der Waals surface area contributed by atoms with Crippen molar-refractivity contribution in [2.75, 3.05) is 19.6 Å². The number of nitrogens with zero attached hydrogens (tertiary/aromatic N) is 2. The van der Waals surface area contributed by atoms with E-state index in [9.17, 15) is 9.59 Å². The topological polar surface area (TPSA) is 72.9 Å². The first-order chi connectivity index (χ1) is 11.5. The highest BCUT2D eigenvalue weighted by Gasteiger charge is 2.39. The number of piperidine rings is 1. The van der Waals surface area contributed by atoms with Crippen LogP contribution in [-0.2, 0) is 9.59 Å². The zero-order valence-corrected chi connectivity index (χ0v) is 14.9. The van der Waals surface area contributed by atoms with Gasteiger partial charge < -0.3 is 20.2 Å². The van der Waals surface area contributed by atoms with Crippen molar-refractivity contribution >= 4 is 29.2 Å². The van der Waals surface area contributed by atoms with Gasteiger partial charge in [-0.15, -0.1) is 0 Å². The summed E-state index contributed by atoms with van der Waals surface area (Å²) >= 11 is 5.56. The van der Waals surface area contributed by atoms with Crippen LogP contribution in [0.15, 0.2) is 0 Å². The number of hydrogen-bond acceptors (Lipinski definition) is 3. The molecular formula is C17H27N3O3S. The van der Waals surface area contributed by atoms with Gasteiger partial charge in [0.05, 0.1) is 5.92 Å². The van der Waals surface area contributed by atoms with Crippen molar-refractivity contribution in [1.29, 1.82) is 0 Å². The maximum absolute atomic E-state index is 12.1. The first kappa shape index (κ1) is 17.5. The van der Waals surface area contributed by atoms with E-state index in [0.717, 1.165) is 31.0 Å². The van der Waals surface area contributed by atoms with Gasteiger partial charge in [-0.05, 0) is 37.9 Å². The van der Waals surface area contributed by atoms with Crippen LogP contribution in [0.4, 0.5) is 0 Å². The van der Waals surface area contributed by atoms with Crippen LogP contribution in [0.3, 0.4) is 0 Å². The molecule has 134 valence electrons. The molecule has 0 aromatic heterocycles. The van der Waals surface area contributed by atoms with Crippen LogP contribution < -0.4 is 5.32 Å². The molecule has 3 aliphatic rings. The van der Waals surface area contributed by atoms with Crippen molar-refractivity contribution in [3.8, 4) is 0 Å². The molecule has 1 saturated carbocycles. The molecule has 0 bridgehead atoms. The Morgan fingerprint density at radius 3 is 2.38 bits per heavy atom. The van der Waals surface area contributed by atoms with E-state index in [1.165, 1.54) is 32.1 Å². The minimum absolute atomic E-state index is 0.0104. The first-order valence-electron chi connectivity index (χ1n) is 9.12. The number of rotatable bonds is 3. The summed E-state index contributed by atoms with van der Waals surface area (Å²) in [4.78, 5) is 27.2. The standard InChI is InChI=1S/C17H27N3O3S/c21-15-10-12(16(22)23)11-20(15)14-6-8-19(9-7-14)17(24)18-13-4-2-1-3-5-13/h12-14H,1-11H2,(H,18,24)(H,22,23). The molecule has 2 aliphatic heterocycles. The van der Waals surface area contributed by atoms with Gasteiger partial charge in [-0.2, -0.15) is 0 Å². The van der Waals surface area contributed by atoms with E-state index in [1.54, 1.807) is 4.90 Å². The van der Waals surface area contributed by atoms with E-state index in [4.69, 9.17) is 17.3 Å². The van der Waals surface area contributed by atoms with E-state index in [0.29, 0.717) is 12.6 Å². The number of carbonyl (C=O) groups excluding carboxylic acids is 1. The maximum Gasteiger partial charge on any atom is 0.308 e. The fourth-order valence-electron chi connectivity index (χ4n) is 4.14. The molecule has 1 amide bonds. The zero-order chi connectivity index (χ0) is 17.1. The quantitative estimate of drug-likeness (QED) is 0.751. The lowest BCUT2D eigenvalue weighted by Crippen LogP contribution is -2.51. The molecule has 2 N–H and O–H groups in total. The molecule has 3 fully saturated rings. The average molecular weight is 353 g/mol. The van der Waals surface area contributed by atoms with Crippen molar-refractivity contribution in [2.45, 2.75) is 63.5 Å². The van der Waals surface area contributed by atoms with E-state index >= 15 is 0 Å². The molecule has 24 heavy (non-hydrogen) atoms. The normalized spacial score (nSPS) is 26.7. The fraction of sp³-hybridized carbons (Fsp3) is 0.824. The summed E-state index contributed by atoms with van der Waals surface area (Å²) in [5.74, 6) is -1.41. The van der Waals surface area contributed by atoms with Crippen LogP contribution >= 0.6 is 12.2 Å². The predicted octanol–water partition coefficient (Wildman–Crippen LogP) is 1.59. The maximum atomic E-state index is 12.1. The molecule has 0 radical (unpaired) electrons. The number of carbonyl (C=O) groups is 2. The number of likely N-dealkylation sites (tertiary alicyclic amines) is 2. The first-order valence-corrected chi connectivity index (χ1v) is 9.53. The van der Waals surface area contributed by atoms with Gasteiger partial charge in [0.1, 0.15) is 0 Å². The minimum Gasteiger partial charge on any atom is -0.481 e. The summed E-state index contributed by atoms with van der Waals surface area (Å²) in [6.07, 6.45) is 8.18. The Labute approximate surface area is 148 Å². The Morgan fingerprint density at radius 2 is 1.79 bits per heavy atom. The van der Waals surface area contributed by atoms with Crippen LogP contribution in [0.2, 0.25) is 0 Å². The second-order valence-corrected chi connectivity index (χ2v) is 7.67. The van der Waals surface area contributed by atoms with Crippen LogP contribution in [0.5, 0.6) is 0 Å². The molecule has 2 saturated heterocycles. The second kappa shape index (κ2) is 7.68. The molecule has 0 aromatic rings. The number of carboxylic acid groups (broad SMARTS) is 1. The highest BCUT2D eigenvalue weighted by Crippen LogP contribution is 2.26. The number of amides is 1. The average Bonchev–Trinajstić information content (AvgIpc) is 2.98. The van der Waals surface area contributed by atoms with E-state index < -0.39 is 11.9 Å². The monoisotopic (exact) mass is 353 g/mol. The summed E-state index contributed by atoms with van der Waals surface area (Å²) in [6, 6.07) is 0.677. The van der Waals surface area contributed by atoms with Gasteiger partial charge in [0, 0.05) is 38.1 Å². The smallest absolute Gasteiger partial charge is 0.308 e. The van der Waals surface area contributed by atoms with Crippen LogP contribution in [0.25, 0.3) is 0 Å². The molecule has 1 atom stereocenters.